The van der Waals surface area contributed by atoms with Crippen LogP contribution in [-0.2, 0) is 15.8 Å². The lowest BCUT2D eigenvalue weighted by Crippen LogP contribution is -2.32. The molecule has 0 unspecified atom stereocenters. The zero-order chi connectivity index (χ0) is 14.5. The Morgan fingerprint density at radius 1 is 1.37 bits per heavy atom. The second-order valence-corrected chi connectivity index (χ2v) is 6.27. The van der Waals surface area contributed by atoms with E-state index < -0.39 is 16.0 Å². The summed E-state index contributed by atoms with van der Waals surface area (Å²) in [6, 6.07) is 5.93. The number of hydrogen-bond acceptors (Lipinski definition) is 4. The molecule has 106 valence electrons. The second-order valence-electron chi connectivity index (χ2n) is 4.46. The fourth-order valence-corrected chi connectivity index (χ4v) is 2.61. The number of likely N-dealkylation sites (N-methyl/N-ethyl adjacent to an activating group) is 1. The van der Waals surface area contributed by atoms with Crippen LogP contribution in [-0.4, -0.2) is 51.6 Å². The van der Waals surface area contributed by atoms with E-state index in [1.165, 1.54) is 18.2 Å². The number of carbonyl (C=O) groups is 1. The molecule has 0 atom stereocenters. The molecule has 0 amide bonds. The average Bonchev–Trinajstić information content (AvgIpc) is 2.27. The smallest absolute Gasteiger partial charge is 0.335 e. The second kappa shape index (κ2) is 6.65. The van der Waals surface area contributed by atoms with Gasteiger partial charge in [-0.05, 0) is 31.8 Å². The first-order valence-electron chi connectivity index (χ1n) is 5.74. The Hall–Kier alpha value is -1.44. The fourth-order valence-electron chi connectivity index (χ4n) is 1.49. The maximum atomic E-state index is 11.8. The van der Waals surface area contributed by atoms with Gasteiger partial charge in [0, 0.05) is 13.1 Å². The van der Waals surface area contributed by atoms with Crippen molar-refractivity contribution in [3.8, 4) is 0 Å². The summed E-state index contributed by atoms with van der Waals surface area (Å²) >= 11 is 0. The Kier molecular flexibility index (Phi) is 5.46. The first kappa shape index (κ1) is 15.6. The van der Waals surface area contributed by atoms with E-state index in [4.69, 9.17) is 5.11 Å². The van der Waals surface area contributed by atoms with E-state index in [0.29, 0.717) is 18.7 Å². The number of nitrogens with zero attached hydrogens (tertiary/aromatic N) is 1. The number of nitrogens with one attached hydrogen (secondary N) is 1. The van der Waals surface area contributed by atoms with Gasteiger partial charge >= 0.3 is 5.97 Å². The molecular formula is C12H18N2O4S. The number of aromatic carboxylic acids is 1. The molecular weight excluding hydrogens is 268 g/mol. The van der Waals surface area contributed by atoms with Crippen LogP contribution in [0.15, 0.2) is 24.3 Å². The number of hydrogen-bond donors (Lipinski definition) is 2. The molecule has 0 aromatic heterocycles. The average molecular weight is 286 g/mol. The third-order valence-corrected chi connectivity index (χ3v) is 3.77. The van der Waals surface area contributed by atoms with Gasteiger partial charge in [-0.15, -0.1) is 0 Å². The van der Waals surface area contributed by atoms with Gasteiger partial charge in [0.2, 0.25) is 10.0 Å². The minimum atomic E-state index is -3.44. The Balaban J connectivity index is 2.67. The Morgan fingerprint density at radius 3 is 2.63 bits per heavy atom. The normalized spacial score (nSPS) is 11.7. The zero-order valence-corrected chi connectivity index (χ0v) is 11.8. The summed E-state index contributed by atoms with van der Waals surface area (Å²) in [7, 11) is 0.261. The largest absolute Gasteiger partial charge is 0.478 e. The molecule has 0 aliphatic carbocycles. The molecule has 0 aliphatic heterocycles. The summed E-state index contributed by atoms with van der Waals surface area (Å²) in [5, 5.41) is 8.84. The van der Waals surface area contributed by atoms with Crippen LogP contribution >= 0.6 is 0 Å². The van der Waals surface area contributed by atoms with E-state index in [9.17, 15) is 13.2 Å². The Morgan fingerprint density at radius 2 is 2.05 bits per heavy atom. The molecule has 6 nitrogen and oxygen atoms in total. The maximum absolute atomic E-state index is 11.8. The maximum Gasteiger partial charge on any atom is 0.335 e. The molecule has 0 saturated carbocycles. The molecule has 0 radical (unpaired) electrons. The van der Waals surface area contributed by atoms with Crippen molar-refractivity contribution in [2.45, 2.75) is 5.75 Å². The number of carboxylic acids is 1. The predicted octanol–water partition coefficient (Wildman–Crippen LogP) is 0.366. The highest BCUT2D eigenvalue weighted by molar-refractivity contribution is 7.88. The molecule has 1 aromatic carbocycles. The summed E-state index contributed by atoms with van der Waals surface area (Å²) in [6.07, 6.45) is 0. The van der Waals surface area contributed by atoms with E-state index in [0.717, 1.165) is 0 Å². The topological polar surface area (TPSA) is 86.7 Å². The van der Waals surface area contributed by atoms with Gasteiger partial charge in [-0.1, -0.05) is 12.1 Å². The monoisotopic (exact) mass is 286 g/mol. The van der Waals surface area contributed by atoms with Gasteiger partial charge < -0.3 is 10.0 Å². The highest BCUT2D eigenvalue weighted by Crippen LogP contribution is 2.08. The Bertz CT molecular complexity index is 540. The molecule has 19 heavy (non-hydrogen) atoms. The third kappa shape index (κ3) is 5.82. The summed E-state index contributed by atoms with van der Waals surface area (Å²) in [5.74, 6) is -1.29. The van der Waals surface area contributed by atoms with Crippen LogP contribution in [0.25, 0.3) is 0 Å². The lowest BCUT2D eigenvalue weighted by molar-refractivity contribution is 0.0696. The van der Waals surface area contributed by atoms with E-state index in [2.05, 4.69) is 4.72 Å². The Labute approximate surface area is 113 Å². The molecule has 1 aromatic rings. The van der Waals surface area contributed by atoms with Crippen LogP contribution in [0.1, 0.15) is 15.9 Å². The molecule has 0 saturated heterocycles. The summed E-state index contributed by atoms with van der Waals surface area (Å²) in [4.78, 5) is 12.7. The van der Waals surface area contributed by atoms with Crippen molar-refractivity contribution >= 4 is 16.0 Å². The van der Waals surface area contributed by atoms with Crippen LogP contribution in [0, 0.1) is 0 Å². The number of carboxylic acid groups (broad SMARTS) is 1. The van der Waals surface area contributed by atoms with Crippen LogP contribution in [0.2, 0.25) is 0 Å². The molecule has 0 spiro atoms. The van der Waals surface area contributed by atoms with Gasteiger partial charge in [0.15, 0.2) is 0 Å². The summed E-state index contributed by atoms with van der Waals surface area (Å²) < 4.78 is 26.0. The van der Waals surface area contributed by atoms with Crippen molar-refractivity contribution in [2.75, 3.05) is 27.2 Å². The SMILES string of the molecule is CN(C)CCNS(=O)(=O)Cc1cccc(C(=O)O)c1. The van der Waals surface area contributed by atoms with Gasteiger partial charge in [0.25, 0.3) is 0 Å². The van der Waals surface area contributed by atoms with Gasteiger partial charge in [-0.3, -0.25) is 0 Å². The van der Waals surface area contributed by atoms with Gasteiger partial charge in [-0.25, -0.2) is 17.9 Å². The third-order valence-electron chi connectivity index (χ3n) is 2.41. The summed E-state index contributed by atoms with van der Waals surface area (Å²) in [5.41, 5.74) is 0.540. The molecule has 0 fully saturated rings. The van der Waals surface area contributed by atoms with Crippen molar-refractivity contribution in [2.24, 2.45) is 0 Å². The lowest BCUT2D eigenvalue weighted by atomic mass is 10.1. The minimum absolute atomic E-state index is 0.0843. The number of sulfonamides is 1. The highest BCUT2D eigenvalue weighted by atomic mass is 32.2. The van der Waals surface area contributed by atoms with Gasteiger partial charge in [0.05, 0.1) is 11.3 Å². The molecule has 0 bridgehead atoms. The van der Waals surface area contributed by atoms with E-state index in [1.807, 2.05) is 19.0 Å². The first-order valence-corrected chi connectivity index (χ1v) is 7.40. The van der Waals surface area contributed by atoms with Crippen LogP contribution in [0.4, 0.5) is 0 Å². The molecule has 1 rings (SSSR count). The van der Waals surface area contributed by atoms with Gasteiger partial charge in [0.1, 0.15) is 0 Å². The number of benzene rings is 1. The van der Waals surface area contributed by atoms with Crippen LogP contribution in [0.3, 0.4) is 0 Å². The lowest BCUT2D eigenvalue weighted by Gasteiger charge is -2.11. The quantitative estimate of drug-likeness (QED) is 0.756. The standard InChI is InChI=1S/C12H18N2O4S/c1-14(2)7-6-13-19(17,18)9-10-4-3-5-11(8-10)12(15)16/h3-5,8,13H,6-7,9H2,1-2H3,(H,15,16). The van der Waals surface area contributed by atoms with E-state index in [-0.39, 0.29) is 11.3 Å². The van der Waals surface area contributed by atoms with Crippen LogP contribution < -0.4 is 4.72 Å². The first-order chi connectivity index (χ1) is 8.80. The minimum Gasteiger partial charge on any atom is -0.478 e. The van der Waals surface area contributed by atoms with E-state index >= 15 is 0 Å². The van der Waals surface area contributed by atoms with E-state index in [1.54, 1.807) is 6.07 Å². The molecule has 0 heterocycles. The van der Waals surface area contributed by atoms with Crippen molar-refractivity contribution in [1.82, 2.24) is 9.62 Å². The van der Waals surface area contributed by atoms with Crippen molar-refractivity contribution < 1.29 is 18.3 Å². The van der Waals surface area contributed by atoms with Crippen molar-refractivity contribution in [3.05, 3.63) is 35.4 Å². The predicted molar refractivity (Wildman–Crippen MR) is 72.6 cm³/mol. The highest BCUT2D eigenvalue weighted by Gasteiger charge is 2.12. The van der Waals surface area contributed by atoms with Crippen molar-refractivity contribution in [1.29, 1.82) is 0 Å². The van der Waals surface area contributed by atoms with Gasteiger partial charge in [-0.2, -0.15) is 0 Å². The molecule has 0 aliphatic rings. The summed E-state index contributed by atoms with van der Waals surface area (Å²) in [6.45, 7) is 0.933. The number of rotatable bonds is 7. The fraction of sp³-hybridized carbons (Fsp3) is 0.417. The molecule has 2 N–H and O–H groups in total. The van der Waals surface area contributed by atoms with Crippen LogP contribution in [0.5, 0.6) is 0 Å². The zero-order valence-electron chi connectivity index (χ0n) is 11.0. The van der Waals surface area contributed by atoms with Crippen molar-refractivity contribution in [3.63, 3.8) is 0 Å². The molecule has 7 heteroatoms.